The van der Waals surface area contributed by atoms with Gasteiger partial charge >= 0.3 is 0 Å². The van der Waals surface area contributed by atoms with E-state index >= 15 is 0 Å². The van der Waals surface area contributed by atoms with Gasteiger partial charge in [-0.3, -0.25) is 4.68 Å². The Balaban J connectivity index is 2.65. The highest BCUT2D eigenvalue weighted by Gasteiger charge is 2.11. The molecule has 0 aliphatic rings. The van der Waals surface area contributed by atoms with Crippen LogP contribution in [0.3, 0.4) is 0 Å². The fourth-order valence-electron chi connectivity index (χ4n) is 1.61. The smallest absolute Gasteiger partial charge is 0.124 e. The molecule has 3 nitrogen and oxygen atoms in total. The minimum absolute atomic E-state index is 0.330. The number of hydrogen-bond acceptors (Lipinski definition) is 2. The number of benzene rings is 1. The van der Waals surface area contributed by atoms with Gasteiger partial charge in [-0.2, -0.15) is 10.4 Å². The van der Waals surface area contributed by atoms with Gasteiger partial charge in [0.2, 0.25) is 0 Å². The lowest BCUT2D eigenvalue weighted by Crippen LogP contribution is -1.93. The van der Waals surface area contributed by atoms with E-state index in [2.05, 4.69) is 5.10 Å². The third-order valence-electron chi connectivity index (χ3n) is 2.63. The molecule has 0 aliphatic carbocycles. The third-order valence-corrected chi connectivity index (χ3v) is 2.63. The van der Waals surface area contributed by atoms with Gasteiger partial charge < -0.3 is 0 Å². The first-order valence-corrected chi connectivity index (χ1v) is 4.82. The molecule has 0 unspecified atom stereocenters. The van der Waals surface area contributed by atoms with Crippen LogP contribution in [0.15, 0.2) is 24.4 Å². The van der Waals surface area contributed by atoms with Crippen molar-refractivity contribution >= 4 is 0 Å². The second-order valence-corrected chi connectivity index (χ2v) is 3.57. The van der Waals surface area contributed by atoms with Crippen molar-refractivity contribution in [1.82, 2.24) is 9.78 Å². The summed E-state index contributed by atoms with van der Waals surface area (Å²) in [5, 5.41) is 13.1. The van der Waals surface area contributed by atoms with Crippen molar-refractivity contribution in [2.75, 3.05) is 0 Å². The van der Waals surface area contributed by atoms with E-state index in [0.717, 1.165) is 16.8 Å². The van der Waals surface area contributed by atoms with E-state index < -0.39 is 5.82 Å². The molecule has 1 aromatic carbocycles. The average molecular weight is 215 g/mol. The molecule has 0 amide bonds. The first kappa shape index (κ1) is 10.4. The van der Waals surface area contributed by atoms with Gasteiger partial charge in [0.15, 0.2) is 0 Å². The summed E-state index contributed by atoms with van der Waals surface area (Å²) in [5.74, 6) is -0.401. The van der Waals surface area contributed by atoms with Crippen molar-refractivity contribution in [2.45, 2.75) is 6.92 Å². The summed E-state index contributed by atoms with van der Waals surface area (Å²) in [7, 11) is 1.83. The molecule has 0 spiro atoms. The van der Waals surface area contributed by atoms with E-state index in [9.17, 15) is 4.39 Å². The molecule has 1 aromatic heterocycles. The van der Waals surface area contributed by atoms with Crippen LogP contribution in [0.2, 0.25) is 0 Å². The van der Waals surface area contributed by atoms with Crippen LogP contribution in [0.5, 0.6) is 0 Å². The summed E-state index contributed by atoms with van der Waals surface area (Å²) in [6.45, 7) is 1.91. The highest BCUT2D eigenvalue weighted by Crippen LogP contribution is 2.26. The summed E-state index contributed by atoms with van der Waals surface area (Å²) in [6, 6.07) is 6.19. The van der Waals surface area contributed by atoms with E-state index in [1.807, 2.05) is 20.0 Å². The lowest BCUT2D eigenvalue weighted by atomic mass is 10.0. The Morgan fingerprint density at radius 1 is 1.38 bits per heavy atom. The molecule has 1 heterocycles. The molecule has 2 aromatic rings. The molecule has 80 valence electrons. The largest absolute Gasteiger partial charge is 0.272 e. The van der Waals surface area contributed by atoms with Gasteiger partial charge in [0, 0.05) is 23.9 Å². The number of nitrogens with zero attached hydrogens (tertiary/aromatic N) is 3. The molecule has 0 radical (unpaired) electrons. The van der Waals surface area contributed by atoms with E-state index in [0.29, 0.717) is 5.56 Å². The normalized spacial score (nSPS) is 10.1. The van der Waals surface area contributed by atoms with Gasteiger partial charge in [-0.15, -0.1) is 0 Å². The maximum Gasteiger partial charge on any atom is 0.124 e. The van der Waals surface area contributed by atoms with Crippen LogP contribution in [-0.4, -0.2) is 9.78 Å². The van der Waals surface area contributed by atoms with Crippen LogP contribution in [0.1, 0.15) is 11.3 Å². The molecule has 2 rings (SSSR count). The minimum Gasteiger partial charge on any atom is -0.272 e. The SMILES string of the molecule is Cc1c(-c2ccc(F)cc2C#N)cnn1C. The second kappa shape index (κ2) is 3.78. The number of hydrogen-bond donors (Lipinski definition) is 0. The summed E-state index contributed by atoms with van der Waals surface area (Å²) in [6.07, 6.45) is 1.68. The highest BCUT2D eigenvalue weighted by atomic mass is 19.1. The van der Waals surface area contributed by atoms with Crippen molar-refractivity contribution in [3.63, 3.8) is 0 Å². The lowest BCUT2D eigenvalue weighted by Gasteiger charge is -2.03. The molecule has 0 saturated carbocycles. The Labute approximate surface area is 92.7 Å². The Morgan fingerprint density at radius 2 is 2.12 bits per heavy atom. The van der Waals surface area contributed by atoms with E-state index in [-0.39, 0.29) is 0 Å². The molecule has 0 bridgehead atoms. The summed E-state index contributed by atoms with van der Waals surface area (Å²) >= 11 is 0. The van der Waals surface area contributed by atoms with Gasteiger partial charge in [0.1, 0.15) is 5.82 Å². The number of nitriles is 1. The zero-order chi connectivity index (χ0) is 11.7. The van der Waals surface area contributed by atoms with Gasteiger partial charge in [-0.1, -0.05) is 6.07 Å². The quantitative estimate of drug-likeness (QED) is 0.733. The van der Waals surface area contributed by atoms with Crippen molar-refractivity contribution in [2.24, 2.45) is 7.05 Å². The molecule has 0 saturated heterocycles. The maximum absolute atomic E-state index is 13.0. The summed E-state index contributed by atoms with van der Waals surface area (Å²) < 4.78 is 14.7. The molecular weight excluding hydrogens is 205 g/mol. The van der Waals surface area contributed by atoms with Gasteiger partial charge in [0.25, 0.3) is 0 Å². The molecule has 0 aliphatic heterocycles. The lowest BCUT2D eigenvalue weighted by molar-refractivity contribution is 0.627. The summed E-state index contributed by atoms with van der Waals surface area (Å²) in [4.78, 5) is 0. The first-order valence-electron chi connectivity index (χ1n) is 4.82. The van der Waals surface area contributed by atoms with Crippen LogP contribution < -0.4 is 0 Å². The van der Waals surface area contributed by atoms with Gasteiger partial charge in [-0.05, 0) is 19.1 Å². The van der Waals surface area contributed by atoms with Crippen LogP contribution in [0.4, 0.5) is 4.39 Å². The number of aromatic nitrogens is 2. The van der Waals surface area contributed by atoms with Crippen molar-refractivity contribution < 1.29 is 4.39 Å². The fraction of sp³-hybridized carbons (Fsp3) is 0.167. The highest BCUT2D eigenvalue weighted by molar-refractivity contribution is 5.71. The van der Waals surface area contributed by atoms with Crippen molar-refractivity contribution in [1.29, 1.82) is 5.26 Å². The van der Waals surface area contributed by atoms with Crippen molar-refractivity contribution in [3.05, 3.63) is 41.5 Å². The zero-order valence-corrected chi connectivity index (χ0v) is 9.03. The van der Waals surface area contributed by atoms with E-state index in [4.69, 9.17) is 5.26 Å². The van der Waals surface area contributed by atoms with E-state index in [1.54, 1.807) is 16.9 Å². The predicted molar refractivity (Wildman–Crippen MR) is 58.1 cm³/mol. The second-order valence-electron chi connectivity index (χ2n) is 3.57. The maximum atomic E-state index is 13.0. The molecule has 0 N–H and O–H groups in total. The standard InChI is InChI=1S/C12H10FN3/c1-8-12(7-15-16(8)2)11-4-3-10(13)5-9(11)6-14/h3-5,7H,1-2H3. The van der Waals surface area contributed by atoms with Crippen LogP contribution in [0.25, 0.3) is 11.1 Å². The Hall–Kier alpha value is -2.15. The predicted octanol–water partition coefficient (Wildman–Crippen LogP) is 2.41. The van der Waals surface area contributed by atoms with Crippen molar-refractivity contribution in [3.8, 4) is 17.2 Å². The first-order chi connectivity index (χ1) is 7.63. The van der Waals surface area contributed by atoms with Crippen LogP contribution in [-0.2, 0) is 7.05 Å². The minimum atomic E-state index is -0.401. The van der Waals surface area contributed by atoms with Gasteiger partial charge in [0.05, 0.1) is 17.8 Å². The molecule has 16 heavy (non-hydrogen) atoms. The Morgan fingerprint density at radius 3 is 2.69 bits per heavy atom. The van der Waals surface area contributed by atoms with Gasteiger partial charge in [-0.25, -0.2) is 4.39 Å². The van der Waals surface area contributed by atoms with Crippen LogP contribution in [0, 0.1) is 24.1 Å². The number of rotatable bonds is 1. The molecule has 4 heteroatoms. The average Bonchev–Trinajstić information content (AvgIpc) is 2.60. The monoisotopic (exact) mass is 215 g/mol. The topological polar surface area (TPSA) is 41.6 Å². The summed E-state index contributed by atoms with van der Waals surface area (Å²) in [5.41, 5.74) is 2.85. The molecule has 0 atom stereocenters. The molecular formula is C12H10FN3. The Kier molecular flexibility index (Phi) is 2.45. The number of aryl methyl sites for hydroxylation is 1. The zero-order valence-electron chi connectivity index (χ0n) is 9.03. The fourth-order valence-corrected chi connectivity index (χ4v) is 1.61. The molecule has 0 fully saturated rings. The Bertz CT molecular complexity index is 578. The number of halogens is 1. The van der Waals surface area contributed by atoms with Crippen LogP contribution >= 0.6 is 0 Å². The van der Waals surface area contributed by atoms with E-state index in [1.165, 1.54) is 12.1 Å². The third kappa shape index (κ3) is 1.57.